The van der Waals surface area contributed by atoms with Crippen LogP contribution < -0.4 is 10.6 Å². The molecule has 0 bridgehead atoms. The van der Waals surface area contributed by atoms with Crippen molar-refractivity contribution in [1.29, 1.82) is 0 Å². The Kier molecular flexibility index (Phi) is 7.62. The molecule has 1 aliphatic heterocycles. The molecule has 1 saturated heterocycles. The third-order valence-corrected chi connectivity index (χ3v) is 7.16. The third kappa shape index (κ3) is 6.21. The van der Waals surface area contributed by atoms with Crippen molar-refractivity contribution in [2.24, 2.45) is 5.92 Å². The molecule has 2 N–H and O–H groups in total. The molecule has 0 saturated carbocycles. The van der Waals surface area contributed by atoms with Crippen LogP contribution in [0.5, 0.6) is 0 Å². The normalized spacial score (nSPS) is 14.9. The van der Waals surface area contributed by atoms with Gasteiger partial charge in [-0.3, -0.25) is 14.5 Å². The Balaban J connectivity index is 1.17. The molecular weight excluding hydrogens is 447 g/mol. The Labute approximate surface area is 194 Å². The fourth-order valence-electron chi connectivity index (χ4n) is 3.71. The van der Waals surface area contributed by atoms with Crippen molar-refractivity contribution in [3.05, 3.63) is 57.9 Å². The van der Waals surface area contributed by atoms with E-state index in [1.807, 2.05) is 16.8 Å². The molecular formula is C23H25FN4O2S2. The number of thiophene rings is 1. The van der Waals surface area contributed by atoms with Gasteiger partial charge in [0.05, 0.1) is 12.2 Å². The smallest absolute Gasteiger partial charge is 0.240 e. The van der Waals surface area contributed by atoms with Crippen LogP contribution in [0.4, 0.5) is 9.52 Å². The summed E-state index contributed by atoms with van der Waals surface area (Å²) in [7, 11) is 0. The van der Waals surface area contributed by atoms with Crippen LogP contribution in [-0.4, -0.2) is 47.9 Å². The van der Waals surface area contributed by atoms with E-state index in [1.54, 1.807) is 23.5 Å². The van der Waals surface area contributed by atoms with Gasteiger partial charge in [-0.15, -0.1) is 22.7 Å². The summed E-state index contributed by atoms with van der Waals surface area (Å²) in [6.45, 7) is 2.37. The fourth-order valence-corrected chi connectivity index (χ4v) is 5.15. The van der Waals surface area contributed by atoms with Crippen LogP contribution in [0.1, 0.15) is 17.7 Å². The van der Waals surface area contributed by atoms with Gasteiger partial charge in [0, 0.05) is 28.3 Å². The Hall–Kier alpha value is -2.62. The summed E-state index contributed by atoms with van der Waals surface area (Å²) in [5.41, 5.74) is 1.51. The van der Waals surface area contributed by atoms with Gasteiger partial charge >= 0.3 is 0 Å². The molecule has 6 nitrogen and oxygen atoms in total. The van der Waals surface area contributed by atoms with Gasteiger partial charge in [0.1, 0.15) is 5.82 Å². The molecule has 2 aromatic heterocycles. The van der Waals surface area contributed by atoms with E-state index in [9.17, 15) is 14.0 Å². The van der Waals surface area contributed by atoms with Gasteiger partial charge in [-0.25, -0.2) is 9.37 Å². The number of likely N-dealkylation sites (tertiary alicyclic amines) is 1. The molecule has 1 aliphatic rings. The van der Waals surface area contributed by atoms with Gasteiger partial charge in [0.2, 0.25) is 11.8 Å². The van der Waals surface area contributed by atoms with Crippen molar-refractivity contribution < 1.29 is 14.0 Å². The molecule has 0 unspecified atom stereocenters. The number of carbonyl (C=O) groups excluding carboxylic acids is 2. The summed E-state index contributed by atoms with van der Waals surface area (Å²) >= 11 is 3.05. The quantitative estimate of drug-likeness (QED) is 0.519. The van der Waals surface area contributed by atoms with Crippen molar-refractivity contribution in [2.45, 2.75) is 19.3 Å². The predicted octanol–water partition coefficient (Wildman–Crippen LogP) is 4.02. The summed E-state index contributed by atoms with van der Waals surface area (Å²) in [5, 5.41) is 10.3. The van der Waals surface area contributed by atoms with Crippen LogP contribution in [-0.2, 0) is 16.0 Å². The maximum atomic E-state index is 13.1. The molecule has 4 rings (SSSR count). The molecule has 32 heavy (non-hydrogen) atoms. The molecule has 0 atom stereocenters. The Morgan fingerprint density at radius 2 is 1.91 bits per heavy atom. The van der Waals surface area contributed by atoms with Gasteiger partial charge < -0.3 is 10.6 Å². The molecule has 0 radical (unpaired) electrons. The van der Waals surface area contributed by atoms with Crippen molar-refractivity contribution >= 4 is 39.6 Å². The van der Waals surface area contributed by atoms with E-state index in [1.165, 1.54) is 28.3 Å². The lowest BCUT2D eigenvalue weighted by molar-refractivity contribution is -0.126. The summed E-state index contributed by atoms with van der Waals surface area (Å²) < 4.78 is 13.1. The van der Waals surface area contributed by atoms with Crippen molar-refractivity contribution in [3.8, 4) is 11.3 Å². The topological polar surface area (TPSA) is 74.3 Å². The third-order valence-electron chi connectivity index (χ3n) is 5.47. The largest absolute Gasteiger partial charge is 0.355 e. The van der Waals surface area contributed by atoms with Crippen molar-refractivity contribution in [2.75, 3.05) is 31.5 Å². The monoisotopic (exact) mass is 472 g/mol. The second kappa shape index (κ2) is 10.8. The highest BCUT2D eigenvalue weighted by Gasteiger charge is 2.25. The molecule has 0 spiro atoms. The van der Waals surface area contributed by atoms with E-state index >= 15 is 0 Å². The number of thiazole rings is 1. The van der Waals surface area contributed by atoms with E-state index in [2.05, 4.69) is 26.6 Å². The molecule has 1 aromatic carbocycles. The number of carbonyl (C=O) groups is 2. The first-order valence-electron chi connectivity index (χ1n) is 10.6. The second-order valence-corrected chi connectivity index (χ2v) is 9.65. The van der Waals surface area contributed by atoms with Crippen molar-refractivity contribution in [3.63, 3.8) is 0 Å². The zero-order valence-electron chi connectivity index (χ0n) is 17.6. The molecule has 3 aromatic rings. The molecule has 3 heterocycles. The summed E-state index contributed by atoms with van der Waals surface area (Å²) in [6, 6.07) is 10.2. The second-order valence-electron chi connectivity index (χ2n) is 7.76. The van der Waals surface area contributed by atoms with E-state index in [4.69, 9.17) is 0 Å². The number of anilines is 1. The minimum atomic E-state index is -0.294. The highest BCUT2D eigenvalue weighted by atomic mass is 32.1. The maximum absolute atomic E-state index is 13.1. The zero-order chi connectivity index (χ0) is 22.3. The van der Waals surface area contributed by atoms with Crippen LogP contribution >= 0.6 is 22.7 Å². The lowest BCUT2D eigenvalue weighted by atomic mass is 9.96. The number of hydrogen-bond acceptors (Lipinski definition) is 6. The molecule has 9 heteroatoms. The fraction of sp³-hybridized carbons (Fsp3) is 0.348. The minimum Gasteiger partial charge on any atom is -0.355 e. The Morgan fingerprint density at radius 3 is 2.62 bits per heavy atom. The first-order chi connectivity index (χ1) is 15.6. The van der Waals surface area contributed by atoms with E-state index in [-0.39, 0.29) is 30.1 Å². The number of nitrogens with one attached hydrogen (secondary N) is 2. The predicted molar refractivity (Wildman–Crippen MR) is 126 cm³/mol. The average molecular weight is 473 g/mol. The van der Waals surface area contributed by atoms with Crippen LogP contribution in [0, 0.1) is 11.7 Å². The first kappa shape index (κ1) is 22.6. The van der Waals surface area contributed by atoms with Gasteiger partial charge in [-0.2, -0.15) is 0 Å². The molecule has 1 fully saturated rings. The molecule has 2 amide bonds. The van der Waals surface area contributed by atoms with E-state index in [0.29, 0.717) is 17.4 Å². The number of aromatic nitrogens is 1. The van der Waals surface area contributed by atoms with Gasteiger partial charge in [0.15, 0.2) is 5.13 Å². The summed E-state index contributed by atoms with van der Waals surface area (Å²) in [4.78, 5) is 32.6. The average Bonchev–Trinajstić information content (AvgIpc) is 3.47. The van der Waals surface area contributed by atoms with Crippen molar-refractivity contribution in [1.82, 2.24) is 15.2 Å². The van der Waals surface area contributed by atoms with Crippen LogP contribution in [0.2, 0.25) is 0 Å². The highest BCUT2D eigenvalue weighted by Crippen LogP contribution is 2.25. The van der Waals surface area contributed by atoms with E-state index in [0.717, 1.165) is 37.9 Å². The lowest BCUT2D eigenvalue weighted by Gasteiger charge is -2.30. The standard InChI is InChI=1S/C23H25FN4O2S2/c24-18-5-3-16(4-6-18)20-15-32-23(26-20)27-21(29)14-28-11-8-17(9-12-28)22(30)25-10-7-19-2-1-13-31-19/h1-6,13,15,17H,7-12,14H2,(H,25,30)(H,26,27,29). The first-order valence-corrected chi connectivity index (χ1v) is 12.4. The summed E-state index contributed by atoms with van der Waals surface area (Å²) in [6.07, 6.45) is 2.37. The van der Waals surface area contributed by atoms with Crippen LogP contribution in [0.25, 0.3) is 11.3 Å². The number of nitrogens with zero attached hydrogens (tertiary/aromatic N) is 2. The van der Waals surface area contributed by atoms with Gasteiger partial charge in [0.25, 0.3) is 0 Å². The van der Waals surface area contributed by atoms with Gasteiger partial charge in [-0.1, -0.05) is 6.07 Å². The SMILES string of the molecule is O=C(CN1CCC(C(=O)NCCc2cccs2)CC1)Nc1nc(-c2ccc(F)cc2)cs1. The molecule has 168 valence electrons. The molecule has 0 aliphatic carbocycles. The number of benzene rings is 1. The Bertz CT molecular complexity index is 1030. The number of amides is 2. The van der Waals surface area contributed by atoms with Gasteiger partial charge in [-0.05, 0) is 68.1 Å². The zero-order valence-corrected chi connectivity index (χ0v) is 19.2. The number of rotatable bonds is 8. The highest BCUT2D eigenvalue weighted by molar-refractivity contribution is 7.14. The maximum Gasteiger partial charge on any atom is 0.240 e. The van der Waals surface area contributed by atoms with Crippen LogP contribution in [0.3, 0.4) is 0 Å². The number of piperidine rings is 1. The number of halogens is 1. The number of hydrogen-bond donors (Lipinski definition) is 2. The minimum absolute atomic E-state index is 0.00915. The Morgan fingerprint density at radius 1 is 1.12 bits per heavy atom. The lowest BCUT2D eigenvalue weighted by Crippen LogP contribution is -2.43. The van der Waals surface area contributed by atoms with E-state index < -0.39 is 0 Å². The van der Waals surface area contributed by atoms with Crippen LogP contribution in [0.15, 0.2) is 47.2 Å². The summed E-state index contributed by atoms with van der Waals surface area (Å²) in [5.74, 6) is -0.294.